The summed E-state index contributed by atoms with van der Waals surface area (Å²) in [6.45, 7) is 5.69. The summed E-state index contributed by atoms with van der Waals surface area (Å²) in [7, 11) is 0. The monoisotopic (exact) mass is 339 g/mol. The Bertz CT molecular complexity index is 503. The first kappa shape index (κ1) is 15.5. The van der Waals surface area contributed by atoms with Crippen LogP contribution in [0.1, 0.15) is 43.7 Å². The lowest BCUT2D eigenvalue weighted by molar-refractivity contribution is -0.150. The van der Waals surface area contributed by atoms with Gasteiger partial charge < -0.3 is 5.11 Å². The Balaban J connectivity index is 2.24. The van der Waals surface area contributed by atoms with Crippen LogP contribution in [0.3, 0.4) is 0 Å². The van der Waals surface area contributed by atoms with Crippen molar-refractivity contribution in [2.24, 2.45) is 0 Å². The van der Waals surface area contributed by atoms with Crippen molar-refractivity contribution in [3.8, 4) is 0 Å². The SMILES string of the molecule is CCCC1(C(=O)O)CCCN1Cc1ccc(C)cc1Br. The third kappa shape index (κ3) is 2.91. The van der Waals surface area contributed by atoms with Gasteiger partial charge in [0.15, 0.2) is 0 Å². The molecule has 0 aliphatic carbocycles. The third-order valence-corrected chi connectivity index (χ3v) is 4.99. The standard InChI is InChI=1S/C16H22BrNO2/c1-3-7-16(15(19)20)8-4-9-18(16)11-13-6-5-12(2)10-14(13)17/h5-6,10H,3-4,7-9,11H2,1-2H3,(H,19,20). The average Bonchev–Trinajstić information content (AvgIpc) is 2.77. The highest BCUT2D eigenvalue weighted by Crippen LogP contribution is 2.36. The summed E-state index contributed by atoms with van der Waals surface area (Å²) in [5.74, 6) is -0.667. The summed E-state index contributed by atoms with van der Waals surface area (Å²) in [5, 5.41) is 9.70. The molecule has 2 rings (SSSR count). The number of hydrogen-bond acceptors (Lipinski definition) is 2. The van der Waals surface area contributed by atoms with Gasteiger partial charge in [-0.2, -0.15) is 0 Å². The molecule has 1 unspecified atom stereocenters. The summed E-state index contributed by atoms with van der Waals surface area (Å²) in [6.07, 6.45) is 3.36. The molecule has 1 aromatic carbocycles. The Morgan fingerprint density at radius 2 is 2.25 bits per heavy atom. The summed E-state index contributed by atoms with van der Waals surface area (Å²) >= 11 is 3.59. The molecule has 0 aromatic heterocycles. The number of halogens is 1. The number of aliphatic carboxylic acids is 1. The van der Waals surface area contributed by atoms with E-state index in [1.807, 2.05) is 0 Å². The van der Waals surface area contributed by atoms with E-state index in [9.17, 15) is 9.90 Å². The van der Waals surface area contributed by atoms with Gasteiger partial charge in [0.2, 0.25) is 0 Å². The van der Waals surface area contributed by atoms with Crippen molar-refractivity contribution in [2.45, 2.75) is 51.6 Å². The second kappa shape index (κ2) is 6.27. The lowest BCUT2D eigenvalue weighted by Gasteiger charge is -2.35. The maximum Gasteiger partial charge on any atom is 0.324 e. The van der Waals surface area contributed by atoms with Crippen LogP contribution in [0.15, 0.2) is 22.7 Å². The molecule has 20 heavy (non-hydrogen) atoms. The van der Waals surface area contributed by atoms with Crippen LogP contribution in [0.25, 0.3) is 0 Å². The first-order chi connectivity index (χ1) is 9.49. The Kier molecular flexibility index (Phi) is 4.86. The molecular formula is C16H22BrNO2. The lowest BCUT2D eigenvalue weighted by atomic mass is 9.90. The van der Waals surface area contributed by atoms with E-state index in [0.717, 1.165) is 36.7 Å². The zero-order valence-corrected chi connectivity index (χ0v) is 13.7. The highest BCUT2D eigenvalue weighted by molar-refractivity contribution is 9.10. The van der Waals surface area contributed by atoms with Crippen LogP contribution in [-0.4, -0.2) is 28.1 Å². The smallest absolute Gasteiger partial charge is 0.324 e. The number of rotatable bonds is 5. The molecule has 1 fully saturated rings. The first-order valence-corrected chi connectivity index (χ1v) is 8.02. The maximum atomic E-state index is 11.8. The molecule has 4 heteroatoms. The normalized spacial score (nSPS) is 23.1. The Hall–Kier alpha value is -0.870. The van der Waals surface area contributed by atoms with Crippen LogP contribution in [0.2, 0.25) is 0 Å². The van der Waals surface area contributed by atoms with Crippen LogP contribution in [0, 0.1) is 6.92 Å². The van der Waals surface area contributed by atoms with Gasteiger partial charge in [-0.05, 0) is 49.9 Å². The second-order valence-electron chi connectivity index (χ2n) is 5.71. The Morgan fingerprint density at radius 3 is 2.85 bits per heavy atom. The van der Waals surface area contributed by atoms with E-state index < -0.39 is 11.5 Å². The van der Waals surface area contributed by atoms with E-state index in [2.05, 4.69) is 52.9 Å². The van der Waals surface area contributed by atoms with Crippen molar-refractivity contribution in [1.82, 2.24) is 4.90 Å². The van der Waals surface area contributed by atoms with Crippen molar-refractivity contribution in [3.05, 3.63) is 33.8 Å². The predicted molar refractivity (Wildman–Crippen MR) is 83.8 cm³/mol. The molecule has 1 atom stereocenters. The number of likely N-dealkylation sites (tertiary alicyclic amines) is 1. The molecule has 3 nitrogen and oxygen atoms in total. The fourth-order valence-electron chi connectivity index (χ4n) is 3.20. The van der Waals surface area contributed by atoms with E-state index in [4.69, 9.17) is 0 Å². The second-order valence-corrected chi connectivity index (χ2v) is 6.56. The number of hydrogen-bond donors (Lipinski definition) is 1. The molecule has 1 aliphatic heterocycles. The van der Waals surface area contributed by atoms with E-state index in [0.29, 0.717) is 6.54 Å². The molecule has 0 spiro atoms. The van der Waals surface area contributed by atoms with Gasteiger partial charge in [-0.1, -0.05) is 41.4 Å². The molecule has 0 amide bonds. The van der Waals surface area contributed by atoms with Crippen LogP contribution in [0.5, 0.6) is 0 Å². The molecule has 0 radical (unpaired) electrons. The van der Waals surface area contributed by atoms with Gasteiger partial charge in [-0.15, -0.1) is 0 Å². The van der Waals surface area contributed by atoms with Crippen molar-refractivity contribution in [2.75, 3.05) is 6.54 Å². The van der Waals surface area contributed by atoms with Gasteiger partial charge in [0, 0.05) is 11.0 Å². The summed E-state index contributed by atoms with van der Waals surface area (Å²) in [5.41, 5.74) is 1.71. The molecule has 1 saturated heterocycles. The third-order valence-electron chi connectivity index (χ3n) is 4.26. The fourth-order valence-corrected chi connectivity index (χ4v) is 3.82. The average molecular weight is 340 g/mol. The molecule has 1 aliphatic rings. The minimum Gasteiger partial charge on any atom is -0.480 e. The summed E-state index contributed by atoms with van der Waals surface area (Å²) in [4.78, 5) is 13.9. The lowest BCUT2D eigenvalue weighted by Crippen LogP contribution is -2.50. The molecular weight excluding hydrogens is 318 g/mol. The van der Waals surface area contributed by atoms with Gasteiger partial charge in [0.25, 0.3) is 0 Å². The highest BCUT2D eigenvalue weighted by Gasteiger charge is 2.46. The van der Waals surface area contributed by atoms with Crippen LogP contribution in [0.4, 0.5) is 0 Å². The van der Waals surface area contributed by atoms with Crippen molar-refractivity contribution in [3.63, 3.8) is 0 Å². The number of aryl methyl sites for hydroxylation is 1. The molecule has 0 saturated carbocycles. The number of carboxylic acids is 1. The van der Waals surface area contributed by atoms with Crippen molar-refractivity contribution < 1.29 is 9.90 Å². The quantitative estimate of drug-likeness (QED) is 0.882. The molecule has 1 heterocycles. The zero-order chi connectivity index (χ0) is 14.8. The Labute approximate surface area is 129 Å². The van der Waals surface area contributed by atoms with Crippen LogP contribution in [-0.2, 0) is 11.3 Å². The van der Waals surface area contributed by atoms with E-state index in [1.54, 1.807) is 0 Å². The van der Waals surface area contributed by atoms with Crippen molar-refractivity contribution in [1.29, 1.82) is 0 Å². The largest absolute Gasteiger partial charge is 0.480 e. The molecule has 0 bridgehead atoms. The van der Waals surface area contributed by atoms with Gasteiger partial charge in [-0.25, -0.2) is 0 Å². The summed E-state index contributed by atoms with van der Waals surface area (Å²) < 4.78 is 1.07. The van der Waals surface area contributed by atoms with Gasteiger partial charge >= 0.3 is 5.97 Å². The number of benzene rings is 1. The van der Waals surface area contributed by atoms with E-state index in [1.165, 1.54) is 11.1 Å². The molecule has 1 N–H and O–H groups in total. The van der Waals surface area contributed by atoms with E-state index in [-0.39, 0.29) is 0 Å². The van der Waals surface area contributed by atoms with E-state index >= 15 is 0 Å². The maximum absolute atomic E-state index is 11.8. The Morgan fingerprint density at radius 1 is 1.50 bits per heavy atom. The minimum atomic E-state index is -0.668. The highest BCUT2D eigenvalue weighted by atomic mass is 79.9. The van der Waals surface area contributed by atoms with Crippen LogP contribution < -0.4 is 0 Å². The zero-order valence-electron chi connectivity index (χ0n) is 12.2. The number of carbonyl (C=O) groups is 1. The molecule has 110 valence electrons. The predicted octanol–water partition coefficient (Wildman–Crippen LogP) is 3.98. The summed E-state index contributed by atoms with van der Waals surface area (Å²) in [6, 6.07) is 6.27. The number of carboxylic acid groups (broad SMARTS) is 1. The van der Waals surface area contributed by atoms with Gasteiger partial charge in [-0.3, -0.25) is 9.69 Å². The fraction of sp³-hybridized carbons (Fsp3) is 0.562. The number of nitrogens with zero attached hydrogens (tertiary/aromatic N) is 1. The van der Waals surface area contributed by atoms with Gasteiger partial charge in [0.1, 0.15) is 5.54 Å². The topological polar surface area (TPSA) is 40.5 Å². The minimum absolute atomic E-state index is 0.667. The van der Waals surface area contributed by atoms with Crippen molar-refractivity contribution >= 4 is 21.9 Å². The van der Waals surface area contributed by atoms with Gasteiger partial charge in [0.05, 0.1) is 0 Å². The first-order valence-electron chi connectivity index (χ1n) is 7.23. The van der Waals surface area contributed by atoms with Crippen LogP contribution >= 0.6 is 15.9 Å². The molecule has 1 aromatic rings.